The van der Waals surface area contributed by atoms with Crippen molar-refractivity contribution < 1.29 is 9.53 Å². The first kappa shape index (κ1) is 19.4. The van der Waals surface area contributed by atoms with Crippen LogP contribution in [0, 0.1) is 0 Å². The minimum absolute atomic E-state index is 0.0362. The van der Waals surface area contributed by atoms with Gasteiger partial charge in [0.15, 0.2) is 0 Å². The van der Waals surface area contributed by atoms with Crippen molar-refractivity contribution in [2.24, 2.45) is 0 Å². The number of para-hydroxylation sites is 1. The molecule has 2 rings (SSSR count). The average molecular weight is 358 g/mol. The van der Waals surface area contributed by atoms with Gasteiger partial charge in [-0.05, 0) is 29.2 Å². The number of nitrogens with one attached hydrogen (secondary N) is 1. The fraction of sp³-hybridized carbons (Fsp3) is 0.381. The molecule has 25 heavy (non-hydrogen) atoms. The maximum absolute atomic E-state index is 11.9. The van der Waals surface area contributed by atoms with Crippen molar-refractivity contribution in [3.8, 4) is 5.75 Å². The van der Waals surface area contributed by atoms with E-state index < -0.39 is 0 Å². The van der Waals surface area contributed by atoms with E-state index in [-0.39, 0.29) is 11.3 Å². The normalized spacial score (nSPS) is 11.2. The molecule has 0 heterocycles. The van der Waals surface area contributed by atoms with Crippen LogP contribution in [0.5, 0.6) is 5.75 Å². The lowest BCUT2D eigenvalue weighted by Crippen LogP contribution is -2.28. The Morgan fingerprint density at radius 2 is 1.72 bits per heavy atom. The van der Waals surface area contributed by atoms with Crippen LogP contribution in [-0.4, -0.2) is 24.8 Å². The molecular weight excluding hydrogens is 330 g/mol. The molecule has 1 N–H and O–H groups in total. The van der Waals surface area contributed by atoms with Gasteiger partial charge in [-0.15, -0.1) is 11.8 Å². The molecule has 0 fully saturated rings. The lowest BCUT2D eigenvalue weighted by Gasteiger charge is -2.22. The molecule has 0 atom stereocenters. The van der Waals surface area contributed by atoms with Gasteiger partial charge in [0.2, 0.25) is 5.91 Å². The third kappa shape index (κ3) is 6.83. The van der Waals surface area contributed by atoms with Crippen LogP contribution in [0.2, 0.25) is 0 Å². The largest absolute Gasteiger partial charge is 0.491 e. The smallest absolute Gasteiger partial charge is 0.220 e. The molecule has 0 aromatic heterocycles. The van der Waals surface area contributed by atoms with Crippen LogP contribution in [-0.2, 0) is 10.2 Å². The average Bonchev–Trinajstić information content (AvgIpc) is 2.59. The highest BCUT2D eigenvalue weighted by atomic mass is 32.2. The fourth-order valence-electron chi connectivity index (χ4n) is 2.43. The number of carbonyl (C=O) groups is 1. The first-order valence-electron chi connectivity index (χ1n) is 8.63. The van der Waals surface area contributed by atoms with E-state index in [4.69, 9.17) is 4.74 Å². The SMILES string of the molecule is CC(C)(C)c1ccccc1OCCNC(=O)CCSc1ccccc1. The predicted octanol–water partition coefficient (Wildman–Crippen LogP) is 4.66. The Hall–Kier alpha value is -1.94. The Bertz CT molecular complexity index is 665. The maximum Gasteiger partial charge on any atom is 0.220 e. The standard InChI is InChI=1S/C21H27NO2S/c1-21(2,3)18-11-7-8-12-19(18)24-15-14-22-20(23)13-16-25-17-9-5-4-6-10-17/h4-12H,13-16H2,1-3H3,(H,22,23). The number of ether oxygens (including phenoxy) is 1. The molecule has 0 aliphatic heterocycles. The topological polar surface area (TPSA) is 38.3 Å². The van der Waals surface area contributed by atoms with Gasteiger partial charge in [-0.1, -0.05) is 57.2 Å². The van der Waals surface area contributed by atoms with Crippen molar-refractivity contribution in [2.45, 2.75) is 37.5 Å². The maximum atomic E-state index is 11.9. The minimum atomic E-state index is 0.0362. The second-order valence-electron chi connectivity index (χ2n) is 6.86. The Kier molecular flexibility index (Phi) is 7.38. The first-order valence-corrected chi connectivity index (χ1v) is 9.62. The highest BCUT2D eigenvalue weighted by molar-refractivity contribution is 7.99. The summed E-state index contributed by atoms with van der Waals surface area (Å²) < 4.78 is 5.87. The monoisotopic (exact) mass is 357 g/mol. The summed E-state index contributed by atoms with van der Waals surface area (Å²) in [6.45, 7) is 7.50. The summed E-state index contributed by atoms with van der Waals surface area (Å²) in [5.74, 6) is 1.74. The molecule has 3 nitrogen and oxygen atoms in total. The molecule has 134 valence electrons. The summed E-state index contributed by atoms with van der Waals surface area (Å²) in [6.07, 6.45) is 0.512. The second-order valence-corrected chi connectivity index (χ2v) is 8.02. The number of thioether (sulfide) groups is 1. The van der Waals surface area contributed by atoms with E-state index in [0.717, 1.165) is 11.5 Å². The van der Waals surface area contributed by atoms with E-state index in [9.17, 15) is 4.79 Å². The van der Waals surface area contributed by atoms with Gasteiger partial charge in [-0.2, -0.15) is 0 Å². The van der Waals surface area contributed by atoms with Crippen molar-refractivity contribution in [3.63, 3.8) is 0 Å². The van der Waals surface area contributed by atoms with Crippen LogP contribution in [0.1, 0.15) is 32.8 Å². The molecule has 0 radical (unpaired) electrons. The van der Waals surface area contributed by atoms with Crippen molar-refractivity contribution in [1.29, 1.82) is 0 Å². The van der Waals surface area contributed by atoms with E-state index in [1.54, 1.807) is 11.8 Å². The summed E-state index contributed by atoms with van der Waals surface area (Å²) in [4.78, 5) is 13.1. The molecule has 0 unspecified atom stereocenters. The van der Waals surface area contributed by atoms with Gasteiger partial charge in [0.05, 0.1) is 6.54 Å². The number of hydrogen-bond donors (Lipinski definition) is 1. The van der Waals surface area contributed by atoms with Crippen LogP contribution < -0.4 is 10.1 Å². The molecule has 1 amide bonds. The lowest BCUT2D eigenvalue weighted by molar-refractivity contribution is -0.120. The van der Waals surface area contributed by atoms with Crippen molar-refractivity contribution in [3.05, 3.63) is 60.2 Å². The number of benzene rings is 2. The molecule has 0 aliphatic rings. The van der Waals surface area contributed by atoms with E-state index in [1.807, 2.05) is 36.4 Å². The molecule has 2 aromatic carbocycles. The highest BCUT2D eigenvalue weighted by Gasteiger charge is 2.18. The van der Waals surface area contributed by atoms with E-state index in [1.165, 1.54) is 10.5 Å². The summed E-state index contributed by atoms with van der Waals surface area (Å²) in [5.41, 5.74) is 1.22. The van der Waals surface area contributed by atoms with Gasteiger partial charge in [0.25, 0.3) is 0 Å². The number of rotatable bonds is 8. The Balaban J connectivity index is 1.67. The van der Waals surface area contributed by atoms with E-state index >= 15 is 0 Å². The van der Waals surface area contributed by atoms with Gasteiger partial charge in [-0.25, -0.2) is 0 Å². The summed E-state index contributed by atoms with van der Waals surface area (Å²) in [5, 5.41) is 2.92. The van der Waals surface area contributed by atoms with Crippen LogP contribution >= 0.6 is 11.8 Å². The van der Waals surface area contributed by atoms with Gasteiger partial charge in [0, 0.05) is 17.1 Å². The molecule has 0 spiro atoms. The van der Waals surface area contributed by atoms with Crippen molar-refractivity contribution in [2.75, 3.05) is 18.9 Å². The Labute approximate surface area is 155 Å². The third-order valence-electron chi connectivity index (χ3n) is 3.72. The van der Waals surface area contributed by atoms with E-state index in [2.05, 4.69) is 44.3 Å². The predicted molar refractivity (Wildman–Crippen MR) is 105 cm³/mol. The summed E-state index contributed by atoms with van der Waals surface area (Å²) >= 11 is 1.70. The zero-order valence-electron chi connectivity index (χ0n) is 15.2. The molecule has 0 aliphatic carbocycles. The highest BCUT2D eigenvalue weighted by Crippen LogP contribution is 2.30. The number of hydrogen-bond acceptors (Lipinski definition) is 3. The Morgan fingerprint density at radius 3 is 2.44 bits per heavy atom. The number of carbonyl (C=O) groups excluding carboxylic acids is 1. The van der Waals surface area contributed by atoms with Gasteiger partial charge < -0.3 is 10.1 Å². The van der Waals surface area contributed by atoms with Crippen molar-refractivity contribution in [1.82, 2.24) is 5.32 Å². The Morgan fingerprint density at radius 1 is 1.04 bits per heavy atom. The van der Waals surface area contributed by atoms with Crippen LogP contribution in [0.3, 0.4) is 0 Å². The third-order valence-corrected chi connectivity index (χ3v) is 4.73. The number of amides is 1. The molecule has 2 aromatic rings. The quantitative estimate of drug-likeness (QED) is 0.551. The summed E-state index contributed by atoms with van der Waals surface area (Å²) in [7, 11) is 0. The molecule has 0 saturated carbocycles. The van der Waals surface area contributed by atoms with Crippen LogP contribution in [0.25, 0.3) is 0 Å². The van der Waals surface area contributed by atoms with Gasteiger partial charge >= 0.3 is 0 Å². The van der Waals surface area contributed by atoms with Gasteiger partial charge in [0.1, 0.15) is 12.4 Å². The summed E-state index contributed by atoms with van der Waals surface area (Å²) in [6, 6.07) is 18.2. The lowest BCUT2D eigenvalue weighted by atomic mass is 9.86. The second kappa shape index (κ2) is 9.52. The van der Waals surface area contributed by atoms with Crippen molar-refractivity contribution >= 4 is 17.7 Å². The molecule has 0 saturated heterocycles. The zero-order valence-corrected chi connectivity index (χ0v) is 16.1. The zero-order chi connectivity index (χ0) is 18.1. The van der Waals surface area contributed by atoms with Gasteiger partial charge in [-0.3, -0.25) is 4.79 Å². The van der Waals surface area contributed by atoms with E-state index in [0.29, 0.717) is 19.6 Å². The first-order chi connectivity index (χ1) is 12.0. The fourth-order valence-corrected chi connectivity index (χ4v) is 3.30. The van der Waals surface area contributed by atoms with Crippen LogP contribution in [0.4, 0.5) is 0 Å². The molecule has 0 bridgehead atoms. The minimum Gasteiger partial charge on any atom is -0.491 e. The molecule has 4 heteroatoms. The van der Waals surface area contributed by atoms with Crippen LogP contribution in [0.15, 0.2) is 59.5 Å². The molecular formula is C21H27NO2S.